The van der Waals surface area contributed by atoms with Crippen LogP contribution in [0.1, 0.15) is 0 Å². The molecule has 0 atom stereocenters. The molecule has 2 rings (SSSR count). The van der Waals surface area contributed by atoms with Gasteiger partial charge in [0, 0.05) is 15.2 Å². The highest BCUT2D eigenvalue weighted by atomic mass is 79.9. The summed E-state index contributed by atoms with van der Waals surface area (Å²) >= 11 is 6.64. The van der Waals surface area contributed by atoms with Gasteiger partial charge in [-0.15, -0.1) is 22.7 Å². The van der Waals surface area contributed by atoms with Crippen molar-refractivity contribution >= 4 is 44.4 Å². The van der Waals surface area contributed by atoms with Crippen LogP contribution in [0.3, 0.4) is 0 Å². The summed E-state index contributed by atoms with van der Waals surface area (Å²) in [4.78, 5) is 5.44. The van der Waals surface area contributed by atoms with Gasteiger partial charge in [-0.2, -0.15) is 0 Å². The first-order valence-corrected chi connectivity index (χ1v) is 6.01. The summed E-state index contributed by atoms with van der Waals surface area (Å²) in [6.45, 7) is 0. The van der Waals surface area contributed by atoms with Gasteiger partial charge in [0.2, 0.25) is 0 Å². The molecular formula is C7H6BrN3S2. The van der Waals surface area contributed by atoms with E-state index in [1.54, 1.807) is 22.7 Å². The van der Waals surface area contributed by atoms with Crippen molar-refractivity contribution in [3.05, 3.63) is 21.3 Å². The monoisotopic (exact) mass is 275 g/mol. The minimum atomic E-state index is 0.713. The number of rotatable bonds is 2. The fourth-order valence-electron chi connectivity index (χ4n) is 0.878. The third-order valence-corrected chi connectivity index (χ3v) is 4.13. The summed E-state index contributed by atoms with van der Waals surface area (Å²) in [7, 11) is 0. The van der Waals surface area contributed by atoms with E-state index in [1.165, 1.54) is 0 Å². The topological polar surface area (TPSA) is 50.9 Å². The second-order valence-corrected chi connectivity index (χ2v) is 5.00. The summed E-state index contributed by atoms with van der Waals surface area (Å²) < 4.78 is 1.09. The second kappa shape index (κ2) is 3.75. The summed E-state index contributed by atoms with van der Waals surface area (Å²) in [5, 5.41) is 4.92. The summed E-state index contributed by atoms with van der Waals surface area (Å²) in [6, 6.07) is 2.05. The molecule has 0 aliphatic rings. The van der Waals surface area contributed by atoms with Gasteiger partial charge in [-0.1, -0.05) is 0 Å². The van der Waals surface area contributed by atoms with Gasteiger partial charge >= 0.3 is 0 Å². The van der Waals surface area contributed by atoms with E-state index in [2.05, 4.69) is 26.3 Å². The van der Waals surface area contributed by atoms with Crippen LogP contribution in [-0.2, 0) is 0 Å². The van der Waals surface area contributed by atoms with Gasteiger partial charge < -0.3 is 5.43 Å². The fraction of sp³-hybridized carbons (Fsp3) is 0. The van der Waals surface area contributed by atoms with Crippen LogP contribution in [0.4, 0.5) is 5.82 Å². The quantitative estimate of drug-likeness (QED) is 0.655. The van der Waals surface area contributed by atoms with Gasteiger partial charge in [0.25, 0.3) is 0 Å². The molecule has 2 aromatic rings. The van der Waals surface area contributed by atoms with Crippen LogP contribution >= 0.6 is 38.6 Å². The van der Waals surface area contributed by atoms with Crippen molar-refractivity contribution in [1.82, 2.24) is 4.98 Å². The number of hydrogen-bond acceptors (Lipinski definition) is 5. The number of hydrogen-bond donors (Lipinski definition) is 2. The Morgan fingerprint density at radius 3 is 2.77 bits per heavy atom. The first-order valence-electron chi connectivity index (χ1n) is 3.46. The molecular weight excluding hydrogens is 270 g/mol. The second-order valence-electron chi connectivity index (χ2n) is 2.31. The average Bonchev–Trinajstić information content (AvgIpc) is 2.71. The Kier molecular flexibility index (Phi) is 2.63. The molecule has 0 bridgehead atoms. The molecule has 0 aliphatic heterocycles. The number of anilines is 1. The number of hydrazine groups is 1. The van der Waals surface area contributed by atoms with Crippen LogP contribution in [-0.4, -0.2) is 4.98 Å². The minimum absolute atomic E-state index is 0.713. The molecule has 0 unspecified atom stereocenters. The lowest BCUT2D eigenvalue weighted by molar-refractivity contribution is 1.27. The Bertz CT molecular complexity index is 409. The van der Waals surface area contributed by atoms with Crippen molar-refractivity contribution in [1.29, 1.82) is 0 Å². The van der Waals surface area contributed by atoms with Crippen LogP contribution in [0.2, 0.25) is 0 Å². The lowest BCUT2D eigenvalue weighted by Gasteiger charge is -1.89. The first kappa shape index (κ1) is 9.14. The highest BCUT2D eigenvalue weighted by Gasteiger charge is 2.05. The van der Waals surface area contributed by atoms with Gasteiger partial charge in [-0.25, -0.2) is 10.8 Å². The Labute approximate surface area is 91.7 Å². The van der Waals surface area contributed by atoms with Crippen molar-refractivity contribution < 1.29 is 0 Å². The number of nitrogen functional groups attached to an aromatic ring is 1. The molecule has 0 aliphatic carbocycles. The zero-order valence-corrected chi connectivity index (χ0v) is 9.67. The number of aromatic nitrogens is 1. The Hall–Kier alpha value is -0.430. The number of nitrogens with zero attached hydrogens (tertiary/aromatic N) is 1. The van der Waals surface area contributed by atoms with Crippen molar-refractivity contribution in [3.8, 4) is 9.88 Å². The van der Waals surface area contributed by atoms with Gasteiger partial charge in [0.05, 0.1) is 4.88 Å². The molecule has 0 saturated carbocycles. The largest absolute Gasteiger partial charge is 0.308 e. The molecule has 0 aromatic carbocycles. The number of nitrogens with two attached hydrogens (primary N) is 1. The third kappa shape index (κ3) is 1.91. The van der Waals surface area contributed by atoms with E-state index >= 15 is 0 Å². The van der Waals surface area contributed by atoms with E-state index in [4.69, 9.17) is 5.84 Å². The summed E-state index contributed by atoms with van der Waals surface area (Å²) in [6.07, 6.45) is 0. The van der Waals surface area contributed by atoms with Crippen LogP contribution in [0, 0.1) is 0 Å². The molecule has 13 heavy (non-hydrogen) atoms. The predicted molar refractivity (Wildman–Crippen MR) is 60.9 cm³/mol. The van der Waals surface area contributed by atoms with E-state index in [-0.39, 0.29) is 0 Å². The minimum Gasteiger partial charge on any atom is -0.308 e. The fourth-order valence-corrected chi connectivity index (χ4v) is 3.15. The Balaban J connectivity index is 2.35. The molecule has 3 nitrogen and oxygen atoms in total. The molecule has 0 radical (unpaired) electrons. The smallest absolute Gasteiger partial charge is 0.151 e. The molecule has 0 saturated heterocycles. The molecule has 68 valence electrons. The molecule has 2 heterocycles. The lowest BCUT2D eigenvalue weighted by Crippen LogP contribution is -2.06. The summed E-state index contributed by atoms with van der Waals surface area (Å²) in [5.41, 5.74) is 2.52. The van der Waals surface area contributed by atoms with Crippen LogP contribution in [0.5, 0.6) is 0 Å². The molecule has 6 heteroatoms. The van der Waals surface area contributed by atoms with Gasteiger partial charge in [0.1, 0.15) is 5.01 Å². The standard InChI is InChI=1S/C7H6BrN3S2/c8-4-1-5(12-2-4)7-10-6(11-9)3-13-7/h1-3,11H,9H2. The van der Waals surface area contributed by atoms with Gasteiger partial charge in [0.15, 0.2) is 5.82 Å². The summed E-state index contributed by atoms with van der Waals surface area (Å²) in [5.74, 6) is 5.95. The number of thiophene rings is 1. The van der Waals surface area contributed by atoms with Crippen LogP contribution < -0.4 is 11.3 Å². The van der Waals surface area contributed by atoms with E-state index in [9.17, 15) is 0 Å². The SMILES string of the molecule is NNc1csc(-c2cc(Br)cs2)n1. The highest BCUT2D eigenvalue weighted by Crippen LogP contribution is 2.32. The van der Waals surface area contributed by atoms with Gasteiger partial charge in [-0.3, -0.25) is 0 Å². The van der Waals surface area contributed by atoms with Crippen LogP contribution in [0.15, 0.2) is 21.3 Å². The maximum atomic E-state index is 5.23. The third-order valence-electron chi connectivity index (χ3n) is 1.43. The maximum Gasteiger partial charge on any atom is 0.151 e. The Morgan fingerprint density at radius 1 is 1.38 bits per heavy atom. The predicted octanol–water partition coefficient (Wildman–Crippen LogP) is 2.92. The van der Waals surface area contributed by atoms with Gasteiger partial charge in [-0.05, 0) is 22.0 Å². The molecule has 0 fully saturated rings. The molecule has 2 aromatic heterocycles. The highest BCUT2D eigenvalue weighted by molar-refractivity contribution is 9.10. The van der Waals surface area contributed by atoms with E-state index in [1.807, 2.05) is 16.8 Å². The molecule has 0 amide bonds. The molecule has 0 spiro atoms. The van der Waals surface area contributed by atoms with Crippen LogP contribution in [0.25, 0.3) is 9.88 Å². The lowest BCUT2D eigenvalue weighted by atomic mass is 10.5. The number of halogens is 1. The van der Waals surface area contributed by atoms with Crippen molar-refractivity contribution in [2.75, 3.05) is 5.43 Å². The van der Waals surface area contributed by atoms with E-state index < -0.39 is 0 Å². The Morgan fingerprint density at radius 2 is 2.23 bits per heavy atom. The van der Waals surface area contributed by atoms with Crippen molar-refractivity contribution in [2.45, 2.75) is 0 Å². The first-order chi connectivity index (χ1) is 6.29. The average molecular weight is 276 g/mol. The normalized spacial score (nSPS) is 10.3. The number of thiazole rings is 1. The maximum absolute atomic E-state index is 5.23. The zero-order valence-electron chi connectivity index (χ0n) is 6.45. The molecule has 3 N–H and O–H groups in total. The number of nitrogens with one attached hydrogen (secondary N) is 1. The van der Waals surface area contributed by atoms with E-state index in [0.29, 0.717) is 5.82 Å². The van der Waals surface area contributed by atoms with E-state index in [0.717, 1.165) is 14.4 Å². The zero-order chi connectivity index (χ0) is 9.26. The van der Waals surface area contributed by atoms with Crippen molar-refractivity contribution in [3.63, 3.8) is 0 Å². The van der Waals surface area contributed by atoms with Crippen molar-refractivity contribution in [2.24, 2.45) is 5.84 Å².